The first-order chi connectivity index (χ1) is 49.2. The maximum Gasteiger partial charge on any atom is 0.248 e. The van der Waals surface area contributed by atoms with Gasteiger partial charge in [0.25, 0.3) is 0 Å². The summed E-state index contributed by atoms with van der Waals surface area (Å²) in [5.74, 6) is -9.84. The number of unbranched alkanes of at least 4 members (excludes halogenated alkanes) is 1. The zero-order chi connectivity index (χ0) is 77.7. The average molecular weight is 1470 g/mol. The van der Waals surface area contributed by atoms with E-state index in [4.69, 9.17) is 4.74 Å². The van der Waals surface area contributed by atoms with Crippen molar-refractivity contribution in [2.24, 2.45) is 41.4 Å². The van der Waals surface area contributed by atoms with Crippen LogP contribution in [-0.4, -0.2) is 276 Å². The molecule has 0 spiro atoms. The smallest absolute Gasteiger partial charge is 0.248 e. The third-order valence-corrected chi connectivity index (χ3v) is 21.8. The first kappa shape index (κ1) is 89.9. The molecule has 104 heavy (non-hydrogen) atoms. The Morgan fingerprint density at radius 2 is 0.962 bits per heavy atom. The summed E-state index contributed by atoms with van der Waals surface area (Å²) in [7, 11) is 7.39. The molecule has 2 saturated heterocycles. The average Bonchev–Trinajstić information content (AvgIpc) is 0.832. The molecular formula is C77H136N12O15. The Labute approximate surface area is 621 Å². The number of ether oxygens (including phenoxy) is 1. The van der Waals surface area contributed by atoms with E-state index in [2.05, 4.69) is 21.3 Å². The van der Waals surface area contributed by atoms with Crippen molar-refractivity contribution in [3.8, 4) is 0 Å². The van der Waals surface area contributed by atoms with Gasteiger partial charge in [-0.05, 0) is 107 Å². The van der Waals surface area contributed by atoms with Crippen molar-refractivity contribution in [1.82, 2.24) is 60.5 Å². The lowest BCUT2D eigenvalue weighted by molar-refractivity contribution is -0.151. The van der Waals surface area contributed by atoms with Crippen molar-refractivity contribution in [2.45, 2.75) is 278 Å². The van der Waals surface area contributed by atoms with Gasteiger partial charge in [0, 0.05) is 68.0 Å². The maximum atomic E-state index is 15.4. The standard InChI is InChI=1S/C77H136N12O15/c1-17-20-35-88-47-65(93)82(12)62(43-55-30-24-21-25-31-55)72(98)80-67(53(10)19-3)76(102)86(16)61(42-52(8)9)71(97)81-68(54(11)91)77(103)89(34-18-2)48-66(94)83(13)63(44-56-32-26-22-27-33-56)75(101)85(15)59(40-50(4)5)69(95)78-46-57(49-104-39-38-90)73(99)84(14)60(41-51(6)7)70(96)79-58(45-64(88)92)74(100)87-36-28-23-29-37-87/h50-63,67-68,90-91H,17-49H2,1-16H3,(H,78,95)(H,79,96)(H,80,98)(H,81,97)/t53-,54+,57-,58-,59-,60-,61-,62-,63-,67-,68-/m0/s1. The molecule has 6 N–H and O–H groups in total. The van der Waals surface area contributed by atoms with Crippen LogP contribution >= 0.6 is 0 Å². The first-order valence-electron chi connectivity index (χ1n) is 39.4. The van der Waals surface area contributed by atoms with Crippen LogP contribution in [0.3, 0.4) is 0 Å². The van der Waals surface area contributed by atoms with Gasteiger partial charge in [-0.15, -0.1) is 0 Å². The van der Waals surface area contributed by atoms with Gasteiger partial charge in [-0.25, -0.2) is 0 Å². The molecule has 0 aromatic rings. The third kappa shape index (κ3) is 27.4. The molecule has 27 nitrogen and oxygen atoms in total. The normalized spacial score (nSPS) is 26.4. The number of carbonyl (C=O) groups excluding carboxylic acids is 12. The summed E-state index contributed by atoms with van der Waals surface area (Å²) in [5, 5.41) is 32.9. The summed E-state index contributed by atoms with van der Waals surface area (Å²) >= 11 is 0. The van der Waals surface area contributed by atoms with E-state index < -0.39 is 157 Å². The van der Waals surface area contributed by atoms with Crippen molar-refractivity contribution in [3.05, 3.63) is 0 Å². The van der Waals surface area contributed by atoms with E-state index in [-0.39, 0.29) is 101 Å². The molecule has 0 unspecified atom stereocenters. The van der Waals surface area contributed by atoms with Gasteiger partial charge in [-0.3, -0.25) is 57.5 Å². The molecule has 4 fully saturated rings. The molecule has 2 aliphatic carbocycles. The van der Waals surface area contributed by atoms with Gasteiger partial charge in [0.1, 0.15) is 48.3 Å². The van der Waals surface area contributed by atoms with Crippen LogP contribution in [0.1, 0.15) is 224 Å². The lowest BCUT2D eigenvalue weighted by Gasteiger charge is -2.38. The highest BCUT2D eigenvalue weighted by molar-refractivity contribution is 5.99. The van der Waals surface area contributed by atoms with Crippen LogP contribution in [0.5, 0.6) is 0 Å². The summed E-state index contributed by atoms with van der Waals surface area (Å²) in [5.41, 5.74) is 0. The second-order valence-electron chi connectivity index (χ2n) is 31.7. The molecule has 0 aromatic heterocycles. The number of aliphatic hydroxyl groups is 2. The van der Waals surface area contributed by atoms with Crippen molar-refractivity contribution < 1.29 is 72.5 Å². The van der Waals surface area contributed by atoms with Gasteiger partial charge in [0.2, 0.25) is 70.9 Å². The number of nitrogens with one attached hydrogen (secondary N) is 4. The third-order valence-electron chi connectivity index (χ3n) is 21.8. The molecule has 27 heteroatoms. The SMILES string of the molecule is CCCCN1CC(=O)N(C)[C@@H](CC2CCCCC2)C(=O)N[C@@H]([C@@H](C)CC)C(=O)N(C)[C@@H](CC(C)C)C(=O)N[C@@H]([C@@H](C)O)C(=O)N(CCC)CC(=O)N(C)[C@@H](CC2CCCCC2)C(=O)N(C)[C@@H](CC(C)C)C(=O)NC[C@@H](COCCO)C(=O)N(C)[C@@H](CC(C)C)C(=O)N[C@H](C(=O)N2CCCCC2)CC1=O. The van der Waals surface area contributed by atoms with E-state index in [1.54, 1.807) is 18.7 Å². The van der Waals surface area contributed by atoms with Crippen LogP contribution in [0, 0.1) is 41.4 Å². The van der Waals surface area contributed by atoms with Gasteiger partial charge >= 0.3 is 0 Å². The number of piperidine rings is 1. The van der Waals surface area contributed by atoms with E-state index >= 15 is 38.4 Å². The van der Waals surface area contributed by atoms with Gasteiger partial charge in [0.05, 0.1) is 51.4 Å². The lowest BCUT2D eigenvalue weighted by Crippen LogP contribution is -2.62. The number of carbonyl (C=O) groups is 12. The molecule has 4 aliphatic rings. The molecule has 12 amide bonds. The maximum absolute atomic E-state index is 15.4. The Morgan fingerprint density at radius 3 is 1.46 bits per heavy atom. The molecule has 0 aromatic carbocycles. The Kier molecular flexibility index (Phi) is 39.1. The van der Waals surface area contributed by atoms with Crippen LogP contribution in [0.4, 0.5) is 0 Å². The molecule has 2 saturated carbocycles. The minimum Gasteiger partial charge on any atom is -0.394 e. The quantitative estimate of drug-likeness (QED) is 0.0725. The van der Waals surface area contributed by atoms with Crippen molar-refractivity contribution >= 4 is 70.9 Å². The van der Waals surface area contributed by atoms with E-state index in [0.717, 1.165) is 70.6 Å². The van der Waals surface area contributed by atoms with E-state index in [1.165, 1.54) is 76.5 Å². The molecule has 4 rings (SSSR count). The molecule has 2 heterocycles. The highest BCUT2D eigenvalue weighted by Gasteiger charge is 2.44. The summed E-state index contributed by atoms with van der Waals surface area (Å²) < 4.78 is 5.79. The Bertz CT molecular complexity index is 2770. The van der Waals surface area contributed by atoms with Crippen molar-refractivity contribution in [1.29, 1.82) is 0 Å². The Balaban J connectivity index is 1.98. The first-order valence-corrected chi connectivity index (χ1v) is 39.4. The zero-order valence-electron chi connectivity index (χ0n) is 66.4. The second kappa shape index (κ2) is 45.2. The molecule has 0 radical (unpaired) electrons. The number of amides is 12. The summed E-state index contributed by atoms with van der Waals surface area (Å²) in [6.45, 7) is 18.6. The van der Waals surface area contributed by atoms with Gasteiger partial charge < -0.3 is 75.4 Å². The molecular weight excluding hydrogens is 1330 g/mol. The van der Waals surface area contributed by atoms with Crippen LogP contribution in [-0.2, 0) is 62.3 Å². The van der Waals surface area contributed by atoms with E-state index in [1.807, 2.05) is 55.4 Å². The van der Waals surface area contributed by atoms with Crippen molar-refractivity contribution in [3.63, 3.8) is 0 Å². The minimum atomic E-state index is -1.62. The van der Waals surface area contributed by atoms with Gasteiger partial charge in [0.15, 0.2) is 0 Å². The Hall–Kier alpha value is -6.48. The second-order valence-corrected chi connectivity index (χ2v) is 31.7. The molecule has 2 aliphatic heterocycles. The summed E-state index contributed by atoms with van der Waals surface area (Å²) in [6, 6.07) is -10.2. The van der Waals surface area contributed by atoms with Crippen LogP contribution < -0.4 is 21.3 Å². The van der Waals surface area contributed by atoms with Crippen LogP contribution in [0.25, 0.3) is 0 Å². The highest BCUT2D eigenvalue weighted by Crippen LogP contribution is 2.32. The Morgan fingerprint density at radius 1 is 0.500 bits per heavy atom. The number of likely N-dealkylation sites (N-methyl/N-ethyl adjacent to an activating group) is 5. The predicted molar refractivity (Wildman–Crippen MR) is 398 cm³/mol. The van der Waals surface area contributed by atoms with E-state index in [0.29, 0.717) is 51.6 Å². The minimum absolute atomic E-state index is 0.00732. The van der Waals surface area contributed by atoms with Crippen LogP contribution in [0.2, 0.25) is 0 Å². The number of likely N-dealkylation sites (tertiary alicyclic amines) is 1. The van der Waals surface area contributed by atoms with E-state index in [9.17, 15) is 29.4 Å². The number of aliphatic hydroxyl groups excluding tert-OH is 2. The molecule has 594 valence electrons. The fraction of sp³-hybridized carbons (Fsp3) is 0.844. The summed E-state index contributed by atoms with van der Waals surface area (Å²) in [4.78, 5) is 192. The lowest BCUT2D eigenvalue weighted by atomic mass is 9.84. The topological polar surface area (TPSA) is 329 Å². The fourth-order valence-electron chi connectivity index (χ4n) is 15.0. The monoisotopic (exact) mass is 1470 g/mol. The highest BCUT2D eigenvalue weighted by atomic mass is 16.5. The van der Waals surface area contributed by atoms with Crippen LogP contribution in [0.15, 0.2) is 0 Å². The van der Waals surface area contributed by atoms with Gasteiger partial charge in [-0.1, -0.05) is 146 Å². The predicted octanol–water partition coefficient (Wildman–Crippen LogP) is 5.11. The van der Waals surface area contributed by atoms with Gasteiger partial charge in [-0.2, -0.15) is 0 Å². The fourth-order valence-corrected chi connectivity index (χ4v) is 15.0. The number of hydrogen-bond acceptors (Lipinski definition) is 15. The number of nitrogens with zero attached hydrogens (tertiary/aromatic N) is 8. The molecule has 11 atom stereocenters. The molecule has 0 bridgehead atoms. The zero-order valence-corrected chi connectivity index (χ0v) is 66.4. The van der Waals surface area contributed by atoms with Crippen molar-refractivity contribution in [2.75, 3.05) is 101 Å². The summed E-state index contributed by atoms with van der Waals surface area (Å²) in [6.07, 6.45) is 11.7. The number of hydrogen-bond donors (Lipinski definition) is 6. The number of rotatable bonds is 23. The largest absolute Gasteiger partial charge is 0.394 e.